The Morgan fingerprint density at radius 3 is 1.53 bits per heavy atom. The van der Waals surface area contributed by atoms with E-state index in [1.807, 2.05) is 62.4 Å². The number of hydrogen-bond donors (Lipinski definition) is 2. The van der Waals surface area contributed by atoms with Crippen LogP contribution in [-0.4, -0.2) is 63.4 Å². The highest BCUT2D eigenvalue weighted by molar-refractivity contribution is 7.91. The molecule has 2 N–H and O–H groups in total. The predicted molar refractivity (Wildman–Crippen MR) is 175 cm³/mol. The maximum absolute atomic E-state index is 13.1. The van der Waals surface area contributed by atoms with Crippen LogP contribution < -0.4 is 14.2 Å². The van der Waals surface area contributed by atoms with E-state index in [1.165, 1.54) is 12.1 Å². The van der Waals surface area contributed by atoms with E-state index in [-0.39, 0.29) is 42.3 Å². The Morgan fingerprint density at radius 1 is 0.600 bits per heavy atom. The summed E-state index contributed by atoms with van der Waals surface area (Å²) in [6, 6.07) is 24.4. The van der Waals surface area contributed by atoms with Gasteiger partial charge in [0.15, 0.2) is 0 Å². The third kappa shape index (κ3) is 9.68. The van der Waals surface area contributed by atoms with Gasteiger partial charge in [-0.05, 0) is 103 Å². The number of ether oxygens (including phenoxy) is 4. The van der Waals surface area contributed by atoms with E-state index in [0.717, 1.165) is 29.2 Å². The molecule has 0 aromatic heterocycles. The average Bonchev–Trinajstić information content (AvgIpc) is 3.07. The summed E-state index contributed by atoms with van der Waals surface area (Å²) in [4.78, 5) is 0.422. The second-order valence-corrected chi connectivity index (χ2v) is 13.3. The van der Waals surface area contributed by atoms with Gasteiger partial charge in [0.25, 0.3) is 0 Å². The Bertz CT molecular complexity index is 1600. The Morgan fingerprint density at radius 2 is 1.04 bits per heavy atom. The van der Waals surface area contributed by atoms with Crippen molar-refractivity contribution in [3.05, 3.63) is 90.5 Å². The van der Waals surface area contributed by atoms with Crippen molar-refractivity contribution >= 4 is 20.6 Å². The molecule has 4 aromatic carbocycles. The minimum atomic E-state index is -3.65. The molecule has 0 aliphatic rings. The molecule has 0 radical (unpaired) electrons. The van der Waals surface area contributed by atoms with Crippen molar-refractivity contribution in [1.82, 2.24) is 0 Å². The number of sulfone groups is 1. The molecule has 0 amide bonds. The summed E-state index contributed by atoms with van der Waals surface area (Å²) in [5.74, 6) is 2.06. The third-order valence-corrected chi connectivity index (χ3v) is 9.55. The van der Waals surface area contributed by atoms with Gasteiger partial charge < -0.3 is 29.2 Å². The molecule has 4 rings (SSSR count). The number of aliphatic hydroxyl groups is 2. The lowest BCUT2D eigenvalue weighted by atomic mass is 9.99. The Balaban J connectivity index is 1.24. The lowest BCUT2D eigenvalue weighted by Crippen LogP contribution is -2.25. The molecule has 4 unspecified atom stereocenters. The van der Waals surface area contributed by atoms with Crippen LogP contribution in [0.15, 0.2) is 94.7 Å². The van der Waals surface area contributed by atoms with Gasteiger partial charge in [-0.2, -0.15) is 0 Å². The van der Waals surface area contributed by atoms with Crippen LogP contribution in [0.2, 0.25) is 0 Å². The largest absolute Gasteiger partial charge is 0.491 e. The van der Waals surface area contributed by atoms with Crippen molar-refractivity contribution in [2.24, 2.45) is 0 Å². The SMILES string of the molecule is CCC(C)OCC(O)COc1ccc2cc(OCC(O)COc3ccc(S(=O)(=O)c4ccc(C(C)CC)cc4)cc3)ccc2c1. The first kappa shape index (κ1) is 34.2. The topological polar surface area (TPSA) is 112 Å². The molecule has 242 valence electrons. The van der Waals surface area contributed by atoms with Crippen molar-refractivity contribution in [1.29, 1.82) is 0 Å². The van der Waals surface area contributed by atoms with Gasteiger partial charge in [-0.1, -0.05) is 45.0 Å². The number of rotatable bonds is 17. The highest BCUT2D eigenvalue weighted by Gasteiger charge is 2.18. The minimum Gasteiger partial charge on any atom is -0.491 e. The van der Waals surface area contributed by atoms with Crippen LogP contribution in [-0.2, 0) is 14.6 Å². The van der Waals surface area contributed by atoms with Crippen LogP contribution >= 0.6 is 0 Å². The van der Waals surface area contributed by atoms with Crippen LogP contribution in [0.1, 0.15) is 52.0 Å². The van der Waals surface area contributed by atoms with Gasteiger partial charge in [0.2, 0.25) is 9.84 Å². The van der Waals surface area contributed by atoms with Crippen molar-refractivity contribution in [2.75, 3.05) is 26.4 Å². The molecule has 4 atom stereocenters. The lowest BCUT2D eigenvalue weighted by Gasteiger charge is -2.16. The fourth-order valence-corrected chi connectivity index (χ4v) is 5.77. The summed E-state index contributed by atoms with van der Waals surface area (Å²) < 4.78 is 48.9. The van der Waals surface area contributed by atoms with E-state index in [4.69, 9.17) is 18.9 Å². The average molecular weight is 637 g/mol. The van der Waals surface area contributed by atoms with Crippen LogP contribution in [0.4, 0.5) is 0 Å². The van der Waals surface area contributed by atoms with Gasteiger partial charge in [0.1, 0.15) is 49.3 Å². The fraction of sp³-hybridized carbons (Fsp3) is 0.389. The first-order chi connectivity index (χ1) is 21.6. The molecule has 0 aliphatic heterocycles. The monoisotopic (exact) mass is 636 g/mol. The third-order valence-electron chi connectivity index (χ3n) is 7.76. The smallest absolute Gasteiger partial charge is 0.206 e. The molecular weight excluding hydrogens is 592 g/mol. The second-order valence-electron chi connectivity index (χ2n) is 11.3. The quantitative estimate of drug-likeness (QED) is 0.134. The summed E-state index contributed by atoms with van der Waals surface area (Å²) in [6.45, 7) is 8.58. The number of benzene rings is 4. The summed E-state index contributed by atoms with van der Waals surface area (Å²) in [5, 5.41) is 22.4. The molecule has 8 nitrogen and oxygen atoms in total. The van der Waals surface area contributed by atoms with Gasteiger partial charge >= 0.3 is 0 Å². The lowest BCUT2D eigenvalue weighted by molar-refractivity contribution is -0.0192. The standard InChI is InChI=1S/C36H44O8S/c1-5-25(3)27-9-15-35(16-10-27)45(39,40)36-17-13-32(14-18-36)42-22-31(38)24-44-34-12-8-28-19-33(11-7-29(28)20-34)43-23-30(37)21-41-26(4)6-2/h7-20,25-26,30-31,37-38H,5-6,21-24H2,1-4H3. The van der Waals surface area contributed by atoms with Crippen molar-refractivity contribution < 1.29 is 37.6 Å². The summed E-state index contributed by atoms with van der Waals surface area (Å²) in [6.07, 6.45) is 0.355. The van der Waals surface area contributed by atoms with Crippen molar-refractivity contribution in [3.8, 4) is 17.2 Å². The Hall–Kier alpha value is -3.63. The predicted octanol–water partition coefficient (Wildman–Crippen LogP) is 6.56. The molecule has 0 spiro atoms. The van der Waals surface area contributed by atoms with Gasteiger partial charge in [0.05, 0.1) is 22.5 Å². The number of aliphatic hydroxyl groups excluding tert-OH is 2. The van der Waals surface area contributed by atoms with Gasteiger partial charge in [-0.15, -0.1) is 0 Å². The van der Waals surface area contributed by atoms with E-state index in [1.54, 1.807) is 24.3 Å². The van der Waals surface area contributed by atoms with Crippen LogP contribution in [0.5, 0.6) is 17.2 Å². The first-order valence-electron chi connectivity index (χ1n) is 15.4. The van der Waals surface area contributed by atoms with E-state index in [0.29, 0.717) is 23.2 Å². The summed E-state index contributed by atoms with van der Waals surface area (Å²) >= 11 is 0. The molecule has 4 aromatic rings. The zero-order chi connectivity index (χ0) is 32.4. The maximum Gasteiger partial charge on any atom is 0.206 e. The van der Waals surface area contributed by atoms with E-state index < -0.39 is 22.0 Å². The molecule has 0 saturated heterocycles. The Kier molecular flexibility index (Phi) is 12.2. The van der Waals surface area contributed by atoms with Crippen molar-refractivity contribution in [3.63, 3.8) is 0 Å². The Labute approximate surface area is 266 Å². The minimum absolute atomic E-state index is 0.0163. The highest BCUT2D eigenvalue weighted by Crippen LogP contribution is 2.27. The molecule has 0 aliphatic carbocycles. The fourth-order valence-electron chi connectivity index (χ4n) is 4.51. The van der Waals surface area contributed by atoms with Crippen LogP contribution in [0, 0.1) is 0 Å². The van der Waals surface area contributed by atoms with E-state index in [2.05, 4.69) is 13.8 Å². The van der Waals surface area contributed by atoms with Gasteiger partial charge in [-0.25, -0.2) is 8.42 Å². The summed E-state index contributed by atoms with van der Waals surface area (Å²) in [7, 11) is -3.65. The van der Waals surface area contributed by atoms with Gasteiger partial charge in [-0.3, -0.25) is 0 Å². The van der Waals surface area contributed by atoms with E-state index in [9.17, 15) is 18.6 Å². The van der Waals surface area contributed by atoms with Crippen molar-refractivity contribution in [2.45, 2.75) is 74.6 Å². The number of fused-ring (bicyclic) bond motifs is 1. The van der Waals surface area contributed by atoms with Crippen LogP contribution in [0.3, 0.4) is 0 Å². The zero-order valence-electron chi connectivity index (χ0n) is 26.4. The molecule has 9 heteroatoms. The van der Waals surface area contributed by atoms with Crippen LogP contribution in [0.25, 0.3) is 10.8 Å². The highest BCUT2D eigenvalue weighted by atomic mass is 32.2. The molecule has 45 heavy (non-hydrogen) atoms. The normalized spacial score (nSPS) is 14.4. The van der Waals surface area contributed by atoms with E-state index >= 15 is 0 Å². The molecule has 0 heterocycles. The maximum atomic E-state index is 13.1. The molecule has 0 fully saturated rings. The molecule has 0 bridgehead atoms. The second kappa shape index (κ2) is 16.1. The molecule has 0 saturated carbocycles. The zero-order valence-corrected chi connectivity index (χ0v) is 27.2. The summed E-state index contributed by atoms with van der Waals surface area (Å²) in [5.41, 5.74) is 1.11. The molecular formula is C36H44O8S. The number of hydrogen-bond acceptors (Lipinski definition) is 8. The first-order valence-corrected chi connectivity index (χ1v) is 16.9. The van der Waals surface area contributed by atoms with Gasteiger partial charge in [0, 0.05) is 0 Å².